The van der Waals surface area contributed by atoms with E-state index in [1.165, 1.54) is 0 Å². The number of benzene rings is 1. The van der Waals surface area contributed by atoms with Gasteiger partial charge in [-0.2, -0.15) is 5.10 Å². The molecule has 116 valence electrons. The molecule has 2 aromatic heterocycles. The van der Waals surface area contributed by atoms with Gasteiger partial charge < -0.3 is 10.5 Å². The molecule has 0 saturated carbocycles. The summed E-state index contributed by atoms with van der Waals surface area (Å²) in [5.74, 6) is -0.0521. The summed E-state index contributed by atoms with van der Waals surface area (Å²) in [6, 6.07) is 11.0. The minimum atomic E-state index is -0.517. The molecule has 0 unspecified atom stereocenters. The number of primary amides is 1. The number of ether oxygens (including phenoxy) is 1. The zero-order valence-electron chi connectivity index (χ0n) is 12.4. The third kappa shape index (κ3) is 3.55. The molecule has 0 saturated heterocycles. The van der Waals surface area contributed by atoms with Gasteiger partial charge in [-0.1, -0.05) is 12.1 Å². The summed E-state index contributed by atoms with van der Waals surface area (Å²) in [4.78, 5) is 15.8. The number of pyridine rings is 1. The number of aromatic amines is 1. The van der Waals surface area contributed by atoms with Crippen LogP contribution in [0.1, 0.15) is 16.1 Å². The highest BCUT2D eigenvalue weighted by Gasteiger charge is 2.12. The lowest BCUT2D eigenvalue weighted by Gasteiger charge is -2.11. The van der Waals surface area contributed by atoms with E-state index in [4.69, 9.17) is 10.5 Å². The van der Waals surface area contributed by atoms with Crippen LogP contribution >= 0.6 is 0 Å². The van der Waals surface area contributed by atoms with Gasteiger partial charge in [0.2, 0.25) is 0 Å². The number of H-pyrrole nitrogens is 1. The van der Waals surface area contributed by atoms with E-state index < -0.39 is 5.91 Å². The number of rotatable bonds is 6. The maximum absolute atomic E-state index is 11.6. The quantitative estimate of drug-likeness (QED) is 0.730. The highest BCUT2D eigenvalue weighted by Crippen LogP contribution is 2.26. The van der Waals surface area contributed by atoms with E-state index in [2.05, 4.69) is 15.2 Å². The molecule has 1 aromatic carbocycles. The highest BCUT2D eigenvalue weighted by atomic mass is 16.5. The van der Waals surface area contributed by atoms with E-state index in [0.717, 1.165) is 16.8 Å². The average molecular weight is 308 g/mol. The van der Waals surface area contributed by atoms with Crippen LogP contribution in [0.25, 0.3) is 11.1 Å². The van der Waals surface area contributed by atoms with Crippen molar-refractivity contribution >= 4 is 5.91 Å². The second-order valence-corrected chi connectivity index (χ2v) is 4.98. The average Bonchev–Trinajstić information content (AvgIpc) is 3.10. The summed E-state index contributed by atoms with van der Waals surface area (Å²) in [7, 11) is 0. The van der Waals surface area contributed by atoms with Crippen LogP contribution in [0.15, 0.2) is 55.0 Å². The first-order valence-corrected chi connectivity index (χ1v) is 7.20. The number of aromatic nitrogens is 3. The third-order valence-corrected chi connectivity index (χ3v) is 3.42. The van der Waals surface area contributed by atoms with Gasteiger partial charge in [-0.05, 0) is 29.8 Å². The maximum atomic E-state index is 11.6. The Hall–Kier alpha value is -3.15. The van der Waals surface area contributed by atoms with Crippen molar-refractivity contribution in [2.75, 3.05) is 6.61 Å². The van der Waals surface area contributed by atoms with E-state index in [0.29, 0.717) is 24.3 Å². The van der Waals surface area contributed by atoms with Gasteiger partial charge in [0.25, 0.3) is 5.91 Å². The first-order chi connectivity index (χ1) is 11.2. The van der Waals surface area contributed by atoms with E-state index in [-0.39, 0.29) is 0 Å². The Morgan fingerprint density at radius 3 is 2.83 bits per heavy atom. The second-order valence-electron chi connectivity index (χ2n) is 4.98. The monoisotopic (exact) mass is 308 g/mol. The molecular weight excluding hydrogens is 292 g/mol. The summed E-state index contributed by atoms with van der Waals surface area (Å²) < 4.78 is 5.77. The van der Waals surface area contributed by atoms with Crippen molar-refractivity contribution in [3.8, 4) is 16.9 Å². The zero-order valence-corrected chi connectivity index (χ0v) is 12.4. The molecule has 0 bridgehead atoms. The predicted octanol–water partition coefficient (Wildman–Crippen LogP) is 2.19. The molecule has 3 aromatic rings. The van der Waals surface area contributed by atoms with Crippen molar-refractivity contribution in [3.63, 3.8) is 0 Å². The Morgan fingerprint density at radius 1 is 1.22 bits per heavy atom. The molecule has 2 heterocycles. The maximum Gasteiger partial charge on any atom is 0.252 e. The fraction of sp³-hybridized carbons (Fsp3) is 0.118. The molecule has 3 N–H and O–H groups in total. The van der Waals surface area contributed by atoms with E-state index in [1.54, 1.807) is 30.7 Å². The predicted molar refractivity (Wildman–Crippen MR) is 86.0 cm³/mol. The highest BCUT2D eigenvalue weighted by molar-refractivity contribution is 5.96. The summed E-state index contributed by atoms with van der Waals surface area (Å²) in [5.41, 5.74) is 8.52. The van der Waals surface area contributed by atoms with Crippen molar-refractivity contribution in [1.82, 2.24) is 15.2 Å². The standard InChI is InChI=1S/C17H16N4O2/c18-17(22)15-5-4-12(13-10-20-21-11-13)9-16(15)23-8-6-14-3-1-2-7-19-14/h1-5,7,9-11H,6,8H2,(H2,18,22)(H,20,21). The number of amides is 1. The topological polar surface area (TPSA) is 93.9 Å². The third-order valence-electron chi connectivity index (χ3n) is 3.42. The van der Waals surface area contributed by atoms with Crippen LogP contribution in [0, 0.1) is 0 Å². The van der Waals surface area contributed by atoms with Crippen LogP contribution in [0.4, 0.5) is 0 Å². The van der Waals surface area contributed by atoms with Crippen LogP contribution in [0.3, 0.4) is 0 Å². The van der Waals surface area contributed by atoms with E-state index in [1.807, 2.05) is 24.3 Å². The Balaban J connectivity index is 1.78. The fourth-order valence-electron chi connectivity index (χ4n) is 2.25. The van der Waals surface area contributed by atoms with Crippen LogP contribution < -0.4 is 10.5 Å². The lowest BCUT2D eigenvalue weighted by molar-refractivity contribution is 0.0996. The van der Waals surface area contributed by atoms with Crippen molar-refractivity contribution < 1.29 is 9.53 Å². The van der Waals surface area contributed by atoms with Crippen molar-refractivity contribution in [1.29, 1.82) is 0 Å². The number of carbonyl (C=O) groups is 1. The van der Waals surface area contributed by atoms with Crippen molar-refractivity contribution in [2.24, 2.45) is 5.73 Å². The fourth-order valence-corrected chi connectivity index (χ4v) is 2.25. The Kier molecular flexibility index (Phi) is 4.33. The Bertz CT molecular complexity index is 786. The first-order valence-electron chi connectivity index (χ1n) is 7.20. The number of nitrogens with zero attached hydrogens (tertiary/aromatic N) is 2. The molecule has 0 aliphatic carbocycles. The normalized spacial score (nSPS) is 10.4. The number of carbonyl (C=O) groups excluding carboxylic acids is 1. The van der Waals surface area contributed by atoms with E-state index in [9.17, 15) is 4.79 Å². The molecule has 6 nitrogen and oxygen atoms in total. The van der Waals surface area contributed by atoms with Crippen LogP contribution in [-0.4, -0.2) is 27.7 Å². The lowest BCUT2D eigenvalue weighted by Crippen LogP contribution is -2.14. The molecule has 1 amide bonds. The number of hydrogen-bond donors (Lipinski definition) is 2. The summed E-state index contributed by atoms with van der Waals surface area (Å²) in [6.07, 6.45) is 5.87. The minimum Gasteiger partial charge on any atom is -0.492 e. The van der Waals surface area contributed by atoms with Gasteiger partial charge in [-0.15, -0.1) is 0 Å². The largest absolute Gasteiger partial charge is 0.492 e. The minimum absolute atomic E-state index is 0.360. The second kappa shape index (κ2) is 6.74. The number of nitrogens with two attached hydrogens (primary N) is 1. The lowest BCUT2D eigenvalue weighted by atomic mass is 10.1. The van der Waals surface area contributed by atoms with Gasteiger partial charge in [0, 0.05) is 30.1 Å². The smallest absolute Gasteiger partial charge is 0.252 e. The van der Waals surface area contributed by atoms with Crippen LogP contribution in [0.2, 0.25) is 0 Å². The molecule has 3 rings (SSSR count). The molecule has 23 heavy (non-hydrogen) atoms. The summed E-state index contributed by atoms with van der Waals surface area (Å²) in [6.45, 7) is 0.409. The van der Waals surface area contributed by atoms with Crippen LogP contribution in [-0.2, 0) is 6.42 Å². The molecular formula is C17H16N4O2. The Labute approximate surface area is 133 Å². The summed E-state index contributed by atoms with van der Waals surface area (Å²) in [5, 5.41) is 6.68. The molecule has 0 spiro atoms. The molecule has 0 radical (unpaired) electrons. The number of hydrogen-bond acceptors (Lipinski definition) is 4. The molecule has 0 fully saturated rings. The van der Waals surface area contributed by atoms with Gasteiger partial charge in [0.15, 0.2) is 0 Å². The zero-order chi connectivity index (χ0) is 16.1. The molecule has 0 aliphatic rings. The van der Waals surface area contributed by atoms with Gasteiger partial charge in [0.1, 0.15) is 5.75 Å². The van der Waals surface area contributed by atoms with Gasteiger partial charge in [-0.25, -0.2) is 0 Å². The molecule has 0 aliphatic heterocycles. The number of nitrogens with one attached hydrogen (secondary N) is 1. The van der Waals surface area contributed by atoms with E-state index >= 15 is 0 Å². The van der Waals surface area contributed by atoms with Gasteiger partial charge in [-0.3, -0.25) is 14.9 Å². The van der Waals surface area contributed by atoms with Crippen molar-refractivity contribution in [3.05, 3.63) is 66.2 Å². The Morgan fingerprint density at radius 2 is 2.13 bits per heavy atom. The molecule has 0 atom stereocenters. The molecule has 6 heteroatoms. The van der Waals surface area contributed by atoms with Gasteiger partial charge >= 0.3 is 0 Å². The first kappa shape index (κ1) is 14.8. The van der Waals surface area contributed by atoms with Crippen LogP contribution in [0.5, 0.6) is 5.75 Å². The van der Waals surface area contributed by atoms with Gasteiger partial charge in [0.05, 0.1) is 18.4 Å². The van der Waals surface area contributed by atoms with Crippen molar-refractivity contribution in [2.45, 2.75) is 6.42 Å². The SMILES string of the molecule is NC(=O)c1ccc(-c2cn[nH]c2)cc1OCCc1ccccn1. The summed E-state index contributed by atoms with van der Waals surface area (Å²) >= 11 is 0.